The van der Waals surface area contributed by atoms with Crippen molar-refractivity contribution >= 4 is 5.91 Å². The number of carbonyl (C=O) groups excluding carboxylic acids is 1. The first-order valence-corrected chi connectivity index (χ1v) is 8.10. The molecule has 0 saturated carbocycles. The van der Waals surface area contributed by atoms with Crippen LogP contribution in [0.1, 0.15) is 30.0 Å². The summed E-state index contributed by atoms with van der Waals surface area (Å²) in [6, 6.07) is 4.07. The standard InChI is InChI=1S/C17H23N5O/c1-3-21-8-9-22(12-15(21)17-18-6-7-19-17)16(23)10-14-5-4-13(2)20-11-14/h4-7,11,15H,3,8-10,12H2,1-2H3,(H,18,19)/t15-/m1/s1. The minimum Gasteiger partial charge on any atom is -0.347 e. The van der Waals surface area contributed by atoms with Gasteiger partial charge in [0.15, 0.2) is 0 Å². The fourth-order valence-electron chi connectivity index (χ4n) is 3.03. The van der Waals surface area contributed by atoms with E-state index in [1.807, 2.05) is 30.2 Å². The topological polar surface area (TPSA) is 65.1 Å². The normalized spacial score (nSPS) is 19.0. The number of amides is 1. The summed E-state index contributed by atoms with van der Waals surface area (Å²) in [5.41, 5.74) is 1.93. The predicted molar refractivity (Wildman–Crippen MR) is 87.8 cm³/mol. The zero-order valence-electron chi connectivity index (χ0n) is 13.7. The van der Waals surface area contributed by atoms with E-state index < -0.39 is 0 Å². The molecule has 3 heterocycles. The van der Waals surface area contributed by atoms with Gasteiger partial charge in [-0.1, -0.05) is 13.0 Å². The van der Waals surface area contributed by atoms with Crippen molar-refractivity contribution in [3.8, 4) is 0 Å². The molecular formula is C17H23N5O. The number of hydrogen-bond acceptors (Lipinski definition) is 4. The molecular weight excluding hydrogens is 290 g/mol. The van der Waals surface area contributed by atoms with Crippen molar-refractivity contribution in [1.82, 2.24) is 24.8 Å². The summed E-state index contributed by atoms with van der Waals surface area (Å²) in [4.78, 5) is 28.7. The molecule has 1 amide bonds. The van der Waals surface area contributed by atoms with Gasteiger partial charge in [-0.2, -0.15) is 0 Å². The Morgan fingerprint density at radius 1 is 1.35 bits per heavy atom. The van der Waals surface area contributed by atoms with Gasteiger partial charge >= 0.3 is 0 Å². The third kappa shape index (κ3) is 3.59. The first-order chi connectivity index (χ1) is 11.2. The number of imidazole rings is 1. The number of aromatic amines is 1. The molecule has 1 N–H and O–H groups in total. The number of likely N-dealkylation sites (N-methyl/N-ethyl adjacent to an activating group) is 1. The van der Waals surface area contributed by atoms with Crippen molar-refractivity contribution in [2.75, 3.05) is 26.2 Å². The van der Waals surface area contributed by atoms with Gasteiger partial charge in [-0.25, -0.2) is 4.98 Å². The lowest BCUT2D eigenvalue weighted by Crippen LogP contribution is -2.51. The summed E-state index contributed by atoms with van der Waals surface area (Å²) in [6.45, 7) is 7.37. The molecule has 23 heavy (non-hydrogen) atoms. The maximum absolute atomic E-state index is 12.6. The van der Waals surface area contributed by atoms with Crippen LogP contribution in [-0.4, -0.2) is 56.8 Å². The minimum atomic E-state index is 0.142. The largest absolute Gasteiger partial charge is 0.347 e. The number of piperazine rings is 1. The Labute approximate surface area is 136 Å². The van der Waals surface area contributed by atoms with Gasteiger partial charge in [-0.05, 0) is 25.1 Å². The Kier molecular flexibility index (Phi) is 4.71. The highest BCUT2D eigenvalue weighted by atomic mass is 16.2. The molecule has 0 aromatic carbocycles. The number of aryl methyl sites for hydroxylation is 1. The van der Waals surface area contributed by atoms with Crippen LogP contribution in [0.25, 0.3) is 0 Å². The molecule has 0 spiro atoms. The number of nitrogens with one attached hydrogen (secondary N) is 1. The number of hydrogen-bond donors (Lipinski definition) is 1. The van der Waals surface area contributed by atoms with Gasteiger partial charge in [0.05, 0.1) is 12.5 Å². The first-order valence-electron chi connectivity index (χ1n) is 8.10. The fraction of sp³-hybridized carbons (Fsp3) is 0.471. The quantitative estimate of drug-likeness (QED) is 0.930. The molecule has 3 rings (SSSR count). The molecule has 1 fully saturated rings. The number of aromatic nitrogens is 3. The summed E-state index contributed by atoms with van der Waals surface area (Å²) >= 11 is 0. The van der Waals surface area contributed by atoms with Gasteiger partial charge in [-0.15, -0.1) is 0 Å². The van der Waals surface area contributed by atoms with Crippen LogP contribution < -0.4 is 0 Å². The highest BCUT2D eigenvalue weighted by Crippen LogP contribution is 2.23. The number of pyridine rings is 1. The number of H-pyrrole nitrogens is 1. The predicted octanol–water partition coefficient (Wildman–Crippen LogP) is 1.56. The van der Waals surface area contributed by atoms with Crippen molar-refractivity contribution in [3.63, 3.8) is 0 Å². The molecule has 2 aromatic rings. The molecule has 1 aliphatic heterocycles. The van der Waals surface area contributed by atoms with Gasteiger partial charge < -0.3 is 9.88 Å². The van der Waals surface area contributed by atoms with Crippen molar-refractivity contribution in [2.45, 2.75) is 26.3 Å². The van der Waals surface area contributed by atoms with Crippen LogP contribution in [0.2, 0.25) is 0 Å². The van der Waals surface area contributed by atoms with E-state index in [9.17, 15) is 4.79 Å². The van der Waals surface area contributed by atoms with E-state index in [0.717, 1.165) is 36.7 Å². The Morgan fingerprint density at radius 3 is 2.87 bits per heavy atom. The highest BCUT2D eigenvalue weighted by Gasteiger charge is 2.31. The molecule has 6 heteroatoms. The van der Waals surface area contributed by atoms with E-state index >= 15 is 0 Å². The minimum absolute atomic E-state index is 0.142. The van der Waals surface area contributed by atoms with Crippen LogP contribution >= 0.6 is 0 Å². The monoisotopic (exact) mass is 313 g/mol. The number of carbonyl (C=O) groups is 1. The maximum atomic E-state index is 12.6. The van der Waals surface area contributed by atoms with E-state index in [1.165, 1.54) is 0 Å². The average molecular weight is 313 g/mol. The van der Waals surface area contributed by atoms with Gasteiger partial charge in [-0.3, -0.25) is 14.7 Å². The molecule has 6 nitrogen and oxygen atoms in total. The zero-order chi connectivity index (χ0) is 16.2. The van der Waals surface area contributed by atoms with E-state index in [-0.39, 0.29) is 11.9 Å². The Morgan fingerprint density at radius 2 is 2.22 bits per heavy atom. The highest BCUT2D eigenvalue weighted by molar-refractivity contribution is 5.78. The van der Waals surface area contributed by atoms with Crippen molar-refractivity contribution < 1.29 is 4.79 Å². The summed E-state index contributed by atoms with van der Waals surface area (Å²) in [5.74, 6) is 1.09. The van der Waals surface area contributed by atoms with Gasteiger partial charge in [0.1, 0.15) is 5.82 Å². The Balaban J connectivity index is 1.68. The van der Waals surface area contributed by atoms with Gasteiger partial charge in [0.2, 0.25) is 5.91 Å². The van der Waals surface area contributed by atoms with Crippen LogP contribution in [0.5, 0.6) is 0 Å². The van der Waals surface area contributed by atoms with E-state index in [4.69, 9.17) is 0 Å². The second-order valence-corrected chi connectivity index (χ2v) is 5.94. The third-order valence-corrected chi connectivity index (χ3v) is 4.41. The lowest BCUT2D eigenvalue weighted by molar-refractivity contribution is -0.133. The van der Waals surface area contributed by atoms with E-state index in [0.29, 0.717) is 13.0 Å². The Hall–Kier alpha value is -2.21. The van der Waals surface area contributed by atoms with Crippen LogP contribution in [0.3, 0.4) is 0 Å². The summed E-state index contributed by atoms with van der Waals surface area (Å²) in [5, 5.41) is 0. The van der Waals surface area contributed by atoms with Crippen molar-refractivity contribution in [1.29, 1.82) is 0 Å². The molecule has 1 atom stereocenters. The summed E-state index contributed by atoms with van der Waals surface area (Å²) in [7, 11) is 0. The van der Waals surface area contributed by atoms with Crippen molar-refractivity contribution in [2.24, 2.45) is 0 Å². The molecule has 1 saturated heterocycles. The van der Waals surface area contributed by atoms with Gasteiger partial charge in [0, 0.05) is 43.9 Å². The molecule has 0 radical (unpaired) electrons. The second kappa shape index (κ2) is 6.91. The lowest BCUT2D eigenvalue weighted by Gasteiger charge is -2.40. The zero-order valence-corrected chi connectivity index (χ0v) is 13.7. The smallest absolute Gasteiger partial charge is 0.227 e. The third-order valence-electron chi connectivity index (χ3n) is 4.41. The molecule has 1 aliphatic rings. The fourth-order valence-corrected chi connectivity index (χ4v) is 3.03. The SMILES string of the molecule is CCN1CCN(C(=O)Cc2ccc(C)nc2)C[C@@H]1c1ncc[nH]1. The molecule has 122 valence electrons. The van der Waals surface area contributed by atoms with Gasteiger partial charge in [0.25, 0.3) is 0 Å². The lowest BCUT2D eigenvalue weighted by atomic mass is 10.1. The van der Waals surface area contributed by atoms with Crippen LogP contribution in [0.15, 0.2) is 30.7 Å². The van der Waals surface area contributed by atoms with E-state index in [2.05, 4.69) is 26.8 Å². The van der Waals surface area contributed by atoms with E-state index in [1.54, 1.807) is 12.4 Å². The molecule has 0 unspecified atom stereocenters. The average Bonchev–Trinajstić information content (AvgIpc) is 3.10. The molecule has 0 aliphatic carbocycles. The maximum Gasteiger partial charge on any atom is 0.227 e. The second-order valence-electron chi connectivity index (χ2n) is 5.94. The summed E-state index contributed by atoms with van der Waals surface area (Å²) < 4.78 is 0. The van der Waals surface area contributed by atoms with Crippen molar-refractivity contribution in [3.05, 3.63) is 47.8 Å². The summed E-state index contributed by atoms with van der Waals surface area (Å²) in [6.07, 6.45) is 5.80. The number of rotatable bonds is 4. The first kappa shape index (κ1) is 15.7. The van der Waals surface area contributed by atoms with Crippen LogP contribution in [0, 0.1) is 6.92 Å². The Bertz CT molecular complexity index is 638. The molecule has 0 bridgehead atoms. The number of nitrogens with zero attached hydrogens (tertiary/aromatic N) is 4. The van der Waals surface area contributed by atoms with Crippen LogP contribution in [-0.2, 0) is 11.2 Å². The van der Waals surface area contributed by atoms with Crippen LogP contribution in [0.4, 0.5) is 0 Å². The molecule has 2 aromatic heterocycles.